The van der Waals surface area contributed by atoms with E-state index in [0.29, 0.717) is 6.54 Å². The lowest BCUT2D eigenvalue weighted by Crippen LogP contribution is -2.21. The van der Waals surface area contributed by atoms with Crippen molar-refractivity contribution in [2.24, 2.45) is 11.5 Å². The van der Waals surface area contributed by atoms with E-state index < -0.39 is 0 Å². The SMILES string of the molecule is Cc1cc(Cl)ccc1[C@@H](N)CN. The summed E-state index contributed by atoms with van der Waals surface area (Å²) in [6.07, 6.45) is 0. The zero-order valence-corrected chi connectivity index (χ0v) is 7.81. The Bertz CT molecular complexity index is 273. The predicted molar refractivity (Wildman–Crippen MR) is 52.2 cm³/mol. The number of hydrogen-bond acceptors (Lipinski definition) is 2. The number of hydrogen-bond donors (Lipinski definition) is 2. The lowest BCUT2D eigenvalue weighted by molar-refractivity contribution is 0.732. The Morgan fingerprint density at radius 2 is 2.17 bits per heavy atom. The summed E-state index contributed by atoms with van der Waals surface area (Å²) in [5.41, 5.74) is 13.4. The third-order valence-electron chi connectivity index (χ3n) is 1.89. The van der Waals surface area contributed by atoms with E-state index in [2.05, 4.69) is 0 Å². The molecule has 1 atom stereocenters. The molecule has 0 fully saturated rings. The molecular formula is C9H13ClN2. The van der Waals surface area contributed by atoms with Gasteiger partial charge >= 0.3 is 0 Å². The van der Waals surface area contributed by atoms with Crippen LogP contribution in [-0.2, 0) is 0 Å². The molecule has 0 bridgehead atoms. The van der Waals surface area contributed by atoms with Crippen LogP contribution in [0, 0.1) is 6.92 Å². The van der Waals surface area contributed by atoms with Gasteiger partial charge in [0.05, 0.1) is 0 Å². The molecule has 3 heteroatoms. The summed E-state index contributed by atoms with van der Waals surface area (Å²) in [4.78, 5) is 0. The van der Waals surface area contributed by atoms with E-state index in [1.165, 1.54) is 0 Å². The van der Waals surface area contributed by atoms with Gasteiger partial charge in [0.15, 0.2) is 0 Å². The molecule has 4 N–H and O–H groups in total. The van der Waals surface area contributed by atoms with Crippen LogP contribution in [0.4, 0.5) is 0 Å². The molecule has 2 nitrogen and oxygen atoms in total. The van der Waals surface area contributed by atoms with Crippen LogP contribution in [0.1, 0.15) is 17.2 Å². The molecule has 0 aliphatic rings. The summed E-state index contributed by atoms with van der Waals surface area (Å²) in [5.74, 6) is 0. The molecule has 0 saturated carbocycles. The molecule has 0 aliphatic heterocycles. The van der Waals surface area contributed by atoms with Crippen LogP contribution in [-0.4, -0.2) is 6.54 Å². The highest BCUT2D eigenvalue weighted by Crippen LogP contribution is 2.19. The Labute approximate surface area is 77.5 Å². The van der Waals surface area contributed by atoms with Gasteiger partial charge in [-0.15, -0.1) is 0 Å². The van der Waals surface area contributed by atoms with Crippen molar-refractivity contribution in [2.75, 3.05) is 6.54 Å². The minimum atomic E-state index is -0.0812. The fourth-order valence-corrected chi connectivity index (χ4v) is 1.41. The van der Waals surface area contributed by atoms with E-state index in [1.807, 2.05) is 25.1 Å². The highest BCUT2D eigenvalue weighted by atomic mass is 35.5. The van der Waals surface area contributed by atoms with Crippen LogP contribution < -0.4 is 11.5 Å². The highest BCUT2D eigenvalue weighted by molar-refractivity contribution is 6.30. The molecule has 1 rings (SSSR count). The third kappa shape index (κ3) is 1.97. The van der Waals surface area contributed by atoms with Gasteiger partial charge in [0, 0.05) is 17.6 Å². The molecule has 12 heavy (non-hydrogen) atoms. The number of nitrogens with two attached hydrogens (primary N) is 2. The summed E-state index contributed by atoms with van der Waals surface area (Å²) in [6, 6.07) is 5.57. The molecule has 0 spiro atoms. The molecule has 0 aromatic heterocycles. The van der Waals surface area contributed by atoms with E-state index in [1.54, 1.807) is 0 Å². The zero-order chi connectivity index (χ0) is 9.14. The van der Waals surface area contributed by atoms with E-state index in [0.717, 1.165) is 16.1 Å². The second-order valence-corrected chi connectivity index (χ2v) is 3.28. The van der Waals surface area contributed by atoms with E-state index in [9.17, 15) is 0 Å². The first kappa shape index (κ1) is 9.52. The topological polar surface area (TPSA) is 52.0 Å². The van der Waals surface area contributed by atoms with Crippen molar-refractivity contribution >= 4 is 11.6 Å². The summed E-state index contributed by atoms with van der Waals surface area (Å²) in [6.45, 7) is 2.44. The van der Waals surface area contributed by atoms with Gasteiger partial charge in [-0.05, 0) is 30.2 Å². The lowest BCUT2D eigenvalue weighted by atomic mass is 10.0. The molecule has 0 unspecified atom stereocenters. The van der Waals surface area contributed by atoms with Crippen LogP contribution >= 0.6 is 11.6 Å². The minimum Gasteiger partial charge on any atom is -0.329 e. The van der Waals surface area contributed by atoms with E-state index in [-0.39, 0.29) is 6.04 Å². The first-order chi connectivity index (χ1) is 5.65. The van der Waals surface area contributed by atoms with Crippen molar-refractivity contribution in [2.45, 2.75) is 13.0 Å². The smallest absolute Gasteiger partial charge is 0.0422 e. The first-order valence-corrected chi connectivity index (χ1v) is 4.24. The molecule has 1 aromatic carbocycles. The summed E-state index contributed by atoms with van der Waals surface area (Å²) in [7, 11) is 0. The van der Waals surface area contributed by atoms with Crippen LogP contribution in [0.3, 0.4) is 0 Å². The average Bonchev–Trinajstić information content (AvgIpc) is 2.03. The maximum absolute atomic E-state index is 5.79. The first-order valence-electron chi connectivity index (χ1n) is 3.87. The van der Waals surface area contributed by atoms with Gasteiger partial charge in [0.25, 0.3) is 0 Å². The van der Waals surface area contributed by atoms with Crippen LogP contribution in [0.5, 0.6) is 0 Å². The highest BCUT2D eigenvalue weighted by Gasteiger charge is 2.06. The van der Waals surface area contributed by atoms with Crippen molar-refractivity contribution < 1.29 is 0 Å². The molecular weight excluding hydrogens is 172 g/mol. The Morgan fingerprint density at radius 1 is 1.50 bits per heavy atom. The maximum atomic E-state index is 5.79. The van der Waals surface area contributed by atoms with Crippen molar-refractivity contribution in [3.05, 3.63) is 34.3 Å². The molecule has 1 aromatic rings. The van der Waals surface area contributed by atoms with Crippen LogP contribution in [0.2, 0.25) is 5.02 Å². The zero-order valence-electron chi connectivity index (χ0n) is 7.05. The summed E-state index contributed by atoms with van der Waals surface area (Å²) < 4.78 is 0. The molecule has 0 heterocycles. The Balaban J connectivity index is 3.01. The van der Waals surface area contributed by atoms with Gasteiger partial charge in [0.2, 0.25) is 0 Å². The number of rotatable bonds is 2. The van der Waals surface area contributed by atoms with Crippen molar-refractivity contribution in [3.8, 4) is 0 Å². The quantitative estimate of drug-likeness (QED) is 0.734. The Morgan fingerprint density at radius 3 is 2.67 bits per heavy atom. The van der Waals surface area contributed by atoms with Crippen molar-refractivity contribution in [1.29, 1.82) is 0 Å². The largest absolute Gasteiger partial charge is 0.329 e. The summed E-state index contributed by atoms with van der Waals surface area (Å²) >= 11 is 5.79. The summed E-state index contributed by atoms with van der Waals surface area (Å²) in [5, 5.41) is 0.737. The monoisotopic (exact) mass is 184 g/mol. The standard InChI is InChI=1S/C9H13ClN2/c1-6-4-7(10)2-3-8(6)9(12)5-11/h2-4,9H,5,11-12H2,1H3/t9-/m0/s1. The second kappa shape index (κ2) is 3.90. The van der Waals surface area contributed by atoms with Crippen LogP contribution in [0.25, 0.3) is 0 Å². The predicted octanol–water partition coefficient (Wildman–Crippen LogP) is 1.61. The number of halogens is 1. The maximum Gasteiger partial charge on any atom is 0.0422 e. The molecule has 0 saturated heterocycles. The van der Waals surface area contributed by atoms with E-state index in [4.69, 9.17) is 23.1 Å². The van der Waals surface area contributed by atoms with E-state index >= 15 is 0 Å². The Kier molecular flexibility index (Phi) is 3.09. The van der Waals surface area contributed by atoms with Crippen molar-refractivity contribution in [1.82, 2.24) is 0 Å². The fraction of sp³-hybridized carbons (Fsp3) is 0.333. The molecule has 0 aliphatic carbocycles. The van der Waals surface area contributed by atoms with Gasteiger partial charge in [-0.1, -0.05) is 17.7 Å². The fourth-order valence-electron chi connectivity index (χ4n) is 1.18. The van der Waals surface area contributed by atoms with Crippen molar-refractivity contribution in [3.63, 3.8) is 0 Å². The number of benzene rings is 1. The molecule has 0 radical (unpaired) electrons. The third-order valence-corrected chi connectivity index (χ3v) is 2.12. The number of aryl methyl sites for hydroxylation is 1. The average molecular weight is 185 g/mol. The minimum absolute atomic E-state index is 0.0812. The van der Waals surface area contributed by atoms with Gasteiger partial charge in [-0.25, -0.2) is 0 Å². The Hall–Kier alpha value is -0.570. The van der Waals surface area contributed by atoms with Gasteiger partial charge in [0.1, 0.15) is 0 Å². The molecule has 0 amide bonds. The lowest BCUT2D eigenvalue weighted by Gasteiger charge is -2.12. The second-order valence-electron chi connectivity index (χ2n) is 2.84. The van der Waals surface area contributed by atoms with Gasteiger partial charge < -0.3 is 11.5 Å². The normalized spacial score (nSPS) is 13.0. The van der Waals surface area contributed by atoms with Gasteiger partial charge in [-0.3, -0.25) is 0 Å². The van der Waals surface area contributed by atoms with Gasteiger partial charge in [-0.2, -0.15) is 0 Å². The van der Waals surface area contributed by atoms with Crippen LogP contribution in [0.15, 0.2) is 18.2 Å². The molecule has 66 valence electrons.